The van der Waals surface area contributed by atoms with Crippen molar-refractivity contribution in [2.24, 2.45) is 0 Å². The van der Waals surface area contributed by atoms with Gasteiger partial charge in [-0.3, -0.25) is 15.0 Å². The molecule has 2 N–H and O–H groups in total. The first-order valence-corrected chi connectivity index (χ1v) is 12.2. The van der Waals surface area contributed by atoms with Gasteiger partial charge in [-0.2, -0.15) is 4.31 Å². The van der Waals surface area contributed by atoms with Gasteiger partial charge in [0.15, 0.2) is 0 Å². The smallest absolute Gasteiger partial charge is 0.321 e. The lowest BCUT2D eigenvalue weighted by Crippen LogP contribution is -2.52. The standard InChI is InChI=1S/C22H30N4O5S/c1-3-17(2)18-6-8-20(9-7-18)32(29,30)26-12-10-25(11-13-26)16-21(27)24-22(28)23-15-19-5-4-14-31-19/h4-9,14,17H,3,10-13,15-16H2,1-2H3,(H2,23,24,27,28). The van der Waals surface area contributed by atoms with Crippen molar-refractivity contribution in [3.8, 4) is 0 Å². The third-order valence-corrected chi connectivity index (χ3v) is 7.57. The van der Waals surface area contributed by atoms with Crippen molar-refractivity contribution < 1.29 is 22.4 Å². The van der Waals surface area contributed by atoms with Gasteiger partial charge in [0.2, 0.25) is 15.9 Å². The topological polar surface area (TPSA) is 112 Å². The summed E-state index contributed by atoms with van der Waals surface area (Å²) in [7, 11) is -3.58. The Kier molecular flexibility index (Phi) is 8.05. The van der Waals surface area contributed by atoms with Crippen LogP contribution >= 0.6 is 0 Å². The van der Waals surface area contributed by atoms with Crippen LogP contribution in [0.2, 0.25) is 0 Å². The third kappa shape index (κ3) is 6.18. The predicted molar refractivity (Wildman–Crippen MR) is 119 cm³/mol. The van der Waals surface area contributed by atoms with E-state index in [2.05, 4.69) is 24.5 Å². The average Bonchev–Trinajstić information content (AvgIpc) is 3.31. The van der Waals surface area contributed by atoms with Crippen LogP contribution in [0.3, 0.4) is 0 Å². The number of hydrogen-bond acceptors (Lipinski definition) is 6. The maximum absolute atomic E-state index is 12.9. The highest BCUT2D eigenvalue weighted by molar-refractivity contribution is 7.89. The van der Waals surface area contributed by atoms with Crippen molar-refractivity contribution in [3.05, 3.63) is 54.0 Å². The fraction of sp³-hybridized carbons (Fsp3) is 0.455. The van der Waals surface area contributed by atoms with Crippen molar-refractivity contribution in [1.82, 2.24) is 19.8 Å². The van der Waals surface area contributed by atoms with Crippen molar-refractivity contribution in [1.29, 1.82) is 0 Å². The van der Waals surface area contributed by atoms with E-state index >= 15 is 0 Å². The molecule has 32 heavy (non-hydrogen) atoms. The van der Waals surface area contributed by atoms with E-state index in [1.54, 1.807) is 24.3 Å². The Morgan fingerprint density at radius 3 is 2.38 bits per heavy atom. The molecule has 2 heterocycles. The zero-order valence-corrected chi connectivity index (χ0v) is 19.2. The highest BCUT2D eigenvalue weighted by Crippen LogP contribution is 2.23. The molecule has 1 aliphatic heterocycles. The summed E-state index contributed by atoms with van der Waals surface area (Å²) in [5.41, 5.74) is 1.12. The van der Waals surface area contributed by atoms with E-state index < -0.39 is 22.0 Å². The molecule has 1 aliphatic rings. The lowest BCUT2D eigenvalue weighted by molar-refractivity contribution is -0.121. The molecule has 1 saturated heterocycles. The molecule has 0 radical (unpaired) electrons. The minimum absolute atomic E-state index is 0.0195. The molecule has 174 valence electrons. The molecule has 9 nitrogen and oxygen atoms in total. The molecule has 1 atom stereocenters. The Bertz CT molecular complexity index is 997. The molecular weight excluding hydrogens is 432 g/mol. The van der Waals surface area contributed by atoms with Gasteiger partial charge in [-0.1, -0.05) is 26.0 Å². The minimum atomic E-state index is -3.58. The number of furan rings is 1. The number of imide groups is 1. The Balaban J connectivity index is 1.45. The van der Waals surface area contributed by atoms with Crippen LogP contribution in [0.1, 0.15) is 37.5 Å². The molecular formula is C22H30N4O5S. The maximum Gasteiger partial charge on any atom is 0.321 e. The first-order chi connectivity index (χ1) is 15.3. The molecule has 2 aromatic rings. The van der Waals surface area contributed by atoms with Gasteiger partial charge in [0, 0.05) is 26.2 Å². The fourth-order valence-electron chi connectivity index (χ4n) is 3.48. The van der Waals surface area contributed by atoms with Gasteiger partial charge in [0.1, 0.15) is 5.76 Å². The van der Waals surface area contributed by atoms with Crippen LogP contribution in [0.5, 0.6) is 0 Å². The van der Waals surface area contributed by atoms with Gasteiger partial charge in [-0.15, -0.1) is 0 Å². The van der Waals surface area contributed by atoms with Gasteiger partial charge < -0.3 is 9.73 Å². The zero-order valence-electron chi connectivity index (χ0n) is 18.4. The van der Waals surface area contributed by atoms with E-state index in [1.165, 1.54) is 10.6 Å². The molecule has 1 aromatic carbocycles. The number of amides is 3. The maximum atomic E-state index is 12.9. The van der Waals surface area contributed by atoms with Crippen LogP contribution in [0, 0.1) is 0 Å². The second-order valence-electron chi connectivity index (χ2n) is 7.87. The second-order valence-corrected chi connectivity index (χ2v) is 9.81. The molecule has 1 aromatic heterocycles. The molecule has 3 rings (SSSR count). The Hall–Kier alpha value is -2.69. The Morgan fingerprint density at radius 2 is 1.78 bits per heavy atom. The summed E-state index contributed by atoms with van der Waals surface area (Å²) < 4.78 is 32.5. The summed E-state index contributed by atoms with van der Waals surface area (Å²) in [6.07, 6.45) is 2.50. The van der Waals surface area contributed by atoms with Crippen LogP contribution < -0.4 is 10.6 Å². The molecule has 0 bridgehead atoms. The van der Waals surface area contributed by atoms with Crippen LogP contribution in [0.15, 0.2) is 52.0 Å². The molecule has 0 aliphatic carbocycles. The van der Waals surface area contributed by atoms with E-state index in [-0.39, 0.29) is 31.1 Å². The van der Waals surface area contributed by atoms with Crippen molar-refractivity contribution in [2.75, 3.05) is 32.7 Å². The summed E-state index contributed by atoms with van der Waals surface area (Å²) in [5.74, 6) is 0.520. The number of sulfonamides is 1. The van der Waals surface area contributed by atoms with Crippen LogP contribution in [-0.4, -0.2) is 62.3 Å². The number of nitrogens with one attached hydrogen (secondary N) is 2. The van der Waals surface area contributed by atoms with E-state index in [4.69, 9.17) is 4.42 Å². The molecule has 3 amide bonds. The molecule has 1 unspecified atom stereocenters. The van der Waals surface area contributed by atoms with Gasteiger partial charge >= 0.3 is 6.03 Å². The average molecular weight is 463 g/mol. The summed E-state index contributed by atoms with van der Waals surface area (Å²) >= 11 is 0. The summed E-state index contributed by atoms with van der Waals surface area (Å²) in [4.78, 5) is 26.1. The van der Waals surface area contributed by atoms with Gasteiger partial charge in [0.05, 0.1) is 24.2 Å². The van der Waals surface area contributed by atoms with Crippen molar-refractivity contribution in [3.63, 3.8) is 0 Å². The van der Waals surface area contributed by atoms with Gasteiger partial charge in [-0.05, 0) is 42.2 Å². The molecule has 0 spiro atoms. The normalized spacial score (nSPS) is 16.4. The summed E-state index contributed by atoms with van der Waals surface area (Å²) in [6, 6.07) is 9.90. The molecule has 1 fully saturated rings. The largest absolute Gasteiger partial charge is 0.467 e. The third-order valence-electron chi connectivity index (χ3n) is 5.65. The van der Waals surface area contributed by atoms with E-state index in [9.17, 15) is 18.0 Å². The minimum Gasteiger partial charge on any atom is -0.467 e. The first-order valence-electron chi connectivity index (χ1n) is 10.7. The quantitative estimate of drug-likeness (QED) is 0.622. The molecule has 0 saturated carbocycles. The van der Waals surface area contributed by atoms with E-state index in [0.29, 0.717) is 24.8 Å². The van der Waals surface area contributed by atoms with Crippen LogP contribution in [0.25, 0.3) is 0 Å². The Labute approximate surface area is 188 Å². The van der Waals surface area contributed by atoms with Crippen LogP contribution in [0.4, 0.5) is 4.79 Å². The lowest BCUT2D eigenvalue weighted by atomic mass is 9.99. The number of carbonyl (C=O) groups is 2. The van der Waals surface area contributed by atoms with Gasteiger partial charge in [-0.25, -0.2) is 13.2 Å². The Morgan fingerprint density at radius 1 is 1.09 bits per heavy atom. The highest BCUT2D eigenvalue weighted by Gasteiger charge is 2.29. The fourth-order valence-corrected chi connectivity index (χ4v) is 4.90. The number of rotatable bonds is 8. The lowest BCUT2D eigenvalue weighted by Gasteiger charge is -2.33. The monoisotopic (exact) mass is 462 g/mol. The predicted octanol–water partition coefficient (Wildman–Crippen LogP) is 2.13. The first kappa shape index (κ1) is 24.0. The van der Waals surface area contributed by atoms with Crippen LogP contribution in [-0.2, 0) is 21.4 Å². The highest BCUT2D eigenvalue weighted by atomic mass is 32.2. The van der Waals surface area contributed by atoms with Gasteiger partial charge in [0.25, 0.3) is 0 Å². The number of hydrogen-bond donors (Lipinski definition) is 2. The number of carbonyl (C=O) groups excluding carboxylic acids is 2. The molecule has 10 heteroatoms. The number of urea groups is 1. The number of nitrogens with zero attached hydrogens (tertiary/aromatic N) is 2. The number of benzene rings is 1. The second kappa shape index (κ2) is 10.8. The number of piperazine rings is 1. The van der Waals surface area contributed by atoms with E-state index in [0.717, 1.165) is 12.0 Å². The van der Waals surface area contributed by atoms with Crippen molar-refractivity contribution >= 4 is 22.0 Å². The SMILES string of the molecule is CCC(C)c1ccc(S(=O)(=O)N2CCN(CC(=O)NC(=O)NCc3ccco3)CC2)cc1. The summed E-state index contributed by atoms with van der Waals surface area (Å²) in [6.45, 7) is 5.80. The van der Waals surface area contributed by atoms with Crippen molar-refractivity contribution in [2.45, 2.75) is 37.6 Å². The van der Waals surface area contributed by atoms with E-state index in [1.807, 2.05) is 17.0 Å². The summed E-state index contributed by atoms with van der Waals surface area (Å²) in [5, 5.41) is 4.81. The zero-order chi connectivity index (χ0) is 23.1.